The van der Waals surface area contributed by atoms with Gasteiger partial charge < -0.3 is 5.73 Å². The minimum atomic E-state index is -0.908. The molecule has 2 heteroatoms. The van der Waals surface area contributed by atoms with E-state index in [0.29, 0.717) is 0 Å². The molecular weight excluding hydrogens is 270 g/mol. The normalized spacial score (nSPS) is 14.2. The number of fused-ring (bicyclic) bond motifs is 3. The highest BCUT2D eigenvalue weighted by atomic mass is 16.1. The quantitative estimate of drug-likeness (QED) is 0.769. The zero-order chi connectivity index (χ0) is 15.2. The van der Waals surface area contributed by atoms with Crippen LogP contribution in [0.5, 0.6) is 0 Å². The van der Waals surface area contributed by atoms with Crippen LogP contribution in [0.25, 0.3) is 11.1 Å². The van der Waals surface area contributed by atoms with Crippen LogP contribution in [0.1, 0.15) is 16.7 Å². The maximum atomic E-state index is 12.7. The SMILES string of the molecule is NC(=O)C1(c2ccccc2)c2ccccc2-c2ccccc21. The van der Waals surface area contributed by atoms with E-state index in [-0.39, 0.29) is 5.91 Å². The van der Waals surface area contributed by atoms with Crippen molar-refractivity contribution < 1.29 is 4.79 Å². The number of amides is 1. The van der Waals surface area contributed by atoms with E-state index in [1.807, 2.05) is 66.7 Å². The molecule has 0 radical (unpaired) electrons. The van der Waals surface area contributed by atoms with Crippen molar-refractivity contribution in [2.24, 2.45) is 5.73 Å². The molecule has 0 spiro atoms. The minimum absolute atomic E-state index is 0.337. The van der Waals surface area contributed by atoms with Crippen LogP contribution in [0.3, 0.4) is 0 Å². The summed E-state index contributed by atoms with van der Waals surface area (Å²) in [6.07, 6.45) is 0. The Hall–Kier alpha value is -2.87. The van der Waals surface area contributed by atoms with E-state index in [1.54, 1.807) is 0 Å². The molecule has 0 aliphatic heterocycles. The summed E-state index contributed by atoms with van der Waals surface area (Å²) in [5, 5.41) is 0. The molecule has 0 saturated heterocycles. The molecular formula is C20H15NO. The van der Waals surface area contributed by atoms with Crippen LogP contribution in [0.15, 0.2) is 78.9 Å². The molecule has 4 rings (SSSR count). The molecule has 22 heavy (non-hydrogen) atoms. The second kappa shape index (κ2) is 4.57. The highest BCUT2D eigenvalue weighted by molar-refractivity contribution is 6.03. The van der Waals surface area contributed by atoms with Gasteiger partial charge in [-0.2, -0.15) is 0 Å². The molecule has 0 unspecified atom stereocenters. The molecule has 0 heterocycles. The summed E-state index contributed by atoms with van der Waals surface area (Å²) in [5.41, 5.74) is 10.1. The van der Waals surface area contributed by atoms with E-state index in [1.165, 1.54) is 0 Å². The number of carbonyl (C=O) groups excluding carboxylic acids is 1. The van der Waals surface area contributed by atoms with Crippen molar-refractivity contribution in [3.8, 4) is 11.1 Å². The van der Waals surface area contributed by atoms with E-state index in [9.17, 15) is 4.79 Å². The summed E-state index contributed by atoms with van der Waals surface area (Å²) in [7, 11) is 0. The Morgan fingerprint density at radius 3 is 1.64 bits per heavy atom. The van der Waals surface area contributed by atoms with Gasteiger partial charge in [-0.05, 0) is 27.8 Å². The number of hydrogen-bond acceptors (Lipinski definition) is 1. The van der Waals surface area contributed by atoms with Gasteiger partial charge in [0.1, 0.15) is 5.41 Å². The zero-order valence-electron chi connectivity index (χ0n) is 12.0. The van der Waals surface area contributed by atoms with Crippen molar-refractivity contribution in [1.82, 2.24) is 0 Å². The van der Waals surface area contributed by atoms with Gasteiger partial charge in [0.15, 0.2) is 0 Å². The lowest BCUT2D eigenvalue weighted by atomic mass is 9.72. The molecule has 0 bridgehead atoms. The summed E-state index contributed by atoms with van der Waals surface area (Å²) in [4.78, 5) is 12.7. The molecule has 1 amide bonds. The van der Waals surface area contributed by atoms with Crippen molar-refractivity contribution in [3.63, 3.8) is 0 Å². The molecule has 0 aromatic heterocycles. The number of carbonyl (C=O) groups is 1. The lowest BCUT2D eigenvalue weighted by Crippen LogP contribution is -2.41. The first kappa shape index (κ1) is 12.8. The lowest BCUT2D eigenvalue weighted by Gasteiger charge is -2.29. The summed E-state index contributed by atoms with van der Waals surface area (Å²) in [6, 6.07) is 25.8. The molecule has 2 nitrogen and oxygen atoms in total. The Morgan fingerprint density at radius 2 is 1.14 bits per heavy atom. The van der Waals surface area contributed by atoms with Gasteiger partial charge in [-0.15, -0.1) is 0 Å². The average Bonchev–Trinajstić information content (AvgIpc) is 2.87. The third kappa shape index (κ3) is 1.47. The van der Waals surface area contributed by atoms with Gasteiger partial charge in [0, 0.05) is 0 Å². The Kier molecular flexibility index (Phi) is 2.67. The van der Waals surface area contributed by atoms with Crippen molar-refractivity contribution in [2.45, 2.75) is 5.41 Å². The highest BCUT2D eigenvalue weighted by Crippen LogP contribution is 2.52. The standard InChI is InChI=1S/C20H15NO/c21-19(22)20(14-8-2-1-3-9-14)17-12-6-4-10-15(17)16-11-5-7-13-18(16)20/h1-13H,(H2,21,22). The first-order valence-electron chi connectivity index (χ1n) is 7.31. The second-order valence-corrected chi connectivity index (χ2v) is 5.57. The van der Waals surface area contributed by atoms with Crippen LogP contribution in [0.4, 0.5) is 0 Å². The largest absolute Gasteiger partial charge is 0.368 e. The topological polar surface area (TPSA) is 43.1 Å². The monoisotopic (exact) mass is 285 g/mol. The smallest absolute Gasteiger partial charge is 0.237 e. The van der Waals surface area contributed by atoms with E-state index < -0.39 is 5.41 Å². The van der Waals surface area contributed by atoms with E-state index in [0.717, 1.165) is 27.8 Å². The van der Waals surface area contributed by atoms with Crippen LogP contribution in [-0.4, -0.2) is 5.91 Å². The maximum Gasteiger partial charge on any atom is 0.237 e. The molecule has 1 aliphatic rings. The Morgan fingerprint density at radius 1 is 0.682 bits per heavy atom. The number of rotatable bonds is 2. The van der Waals surface area contributed by atoms with Gasteiger partial charge >= 0.3 is 0 Å². The Bertz CT molecular complexity index is 822. The fourth-order valence-electron chi connectivity index (χ4n) is 3.64. The van der Waals surface area contributed by atoms with Crippen LogP contribution >= 0.6 is 0 Å². The predicted molar refractivity (Wildman–Crippen MR) is 87.4 cm³/mol. The molecule has 2 N–H and O–H groups in total. The molecule has 3 aromatic carbocycles. The van der Waals surface area contributed by atoms with Gasteiger partial charge in [0.05, 0.1) is 0 Å². The van der Waals surface area contributed by atoms with Gasteiger partial charge in [-0.3, -0.25) is 4.79 Å². The molecule has 0 saturated carbocycles. The van der Waals surface area contributed by atoms with Gasteiger partial charge in [0.2, 0.25) is 5.91 Å². The molecule has 3 aromatic rings. The number of hydrogen-bond donors (Lipinski definition) is 1. The van der Waals surface area contributed by atoms with Crippen molar-refractivity contribution >= 4 is 5.91 Å². The first-order valence-corrected chi connectivity index (χ1v) is 7.31. The summed E-state index contributed by atoms with van der Waals surface area (Å²) in [5.74, 6) is -0.337. The van der Waals surface area contributed by atoms with Crippen LogP contribution < -0.4 is 5.73 Å². The van der Waals surface area contributed by atoms with Crippen molar-refractivity contribution in [2.75, 3.05) is 0 Å². The zero-order valence-corrected chi connectivity index (χ0v) is 12.0. The van der Waals surface area contributed by atoms with Gasteiger partial charge in [-0.25, -0.2) is 0 Å². The van der Waals surface area contributed by atoms with Gasteiger partial charge in [0.25, 0.3) is 0 Å². The molecule has 106 valence electrons. The molecule has 0 atom stereocenters. The van der Waals surface area contributed by atoms with Crippen molar-refractivity contribution in [3.05, 3.63) is 95.6 Å². The number of nitrogens with two attached hydrogens (primary N) is 1. The second-order valence-electron chi connectivity index (χ2n) is 5.57. The van der Waals surface area contributed by atoms with Gasteiger partial charge in [-0.1, -0.05) is 78.9 Å². The number of benzene rings is 3. The minimum Gasteiger partial charge on any atom is -0.368 e. The van der Waals surface area contributed by atoms with Crippen LogP contribution in [-0.2, 0) is 10.2 Å². The number of primary amides is 1. The summed E-state index contributed by atoms with van der Waals surface area (Å²) in [6.45, 7) is 0. The van der Waals surface area contributed by atoms with Crippen LogP contribution in [0, 0.1) is 0 Å². The molecule has 0 fully saturated rings. The van der Waals surface area contributed by atoms with E-state index in [2.05, 4.69) is 12.1 Å². The van der Waals surface area contributed by atoms with Crippen molar-refractivity contribution in [1.29, 1.82) is 0 Å². The Balaban J connectivity index is 2.18. The summed E-state index contributed by atoms with van der Waals surface area (Å²) < 4.78 is 0. The molecule has 1 aliphatic carbocycles. The average molecular weight is 285 g/mol. The third-order valence-corrected chi connectivity index (χ3v) is 4.53. The fraction of sp³-hybridized carbons (Fsp3) is 0.0500. The summed E-state index contributed by atoms with van der Waals surface area (Å²) >= 11 is 0. The predicted octanol–water partition coefficient (Wildman–Crippen LogP) is 3.49. The fourth-order valence-corrected chi connectivity index (χ4v) is 3.64. The highest BCUT2D eigenvalue weighted by Gasteiger charge is 2.49. The Labute approximate surface area is 129 Å². The third-order valence-electron chi connectivity index (χ3n) is 4.53. The van der Waals surface area contributed by atoms with E-state index in [4.69, 9.17) is 5.73 Å². The first-order chi connectivity index (χ1) is 10.8. The van der Waals surface area contributed by atoms with E-state index >= 15 is 0 Å². The lowest BCUT2D eigenvalue weighted by molar-refractivity contribution is -0.120. The maximum absolute atomic E-state index is 12.7. The van der Waals surface area contributed by atoms with Crippen LogP contribution in [0.2, 0.25) is 0 Å².